The van der Waals surface area contributed by atoms with Gasteiger partial charge in [-0.1, -0.05) is 64.9 Å². The monoisotopic (exact) mass is 196 g/mol. The van der Waals surface area contributed by atoms with E-state index >= 15 is 0 Å². The lowest BCUT2D eigenvalue weighted by Crippen LogP contribution is -2.00. The normalized spacial score (nSPS) is 12.7. The SMILES string of the molecule is C=CCCCC(CCC)CCCCC. The van der Waals surface area contributed by atoms with Crippen molar-refractivity contribution in [1.82, 2.24) is 0 Å². The van der Waals surface area contributed by atoms with Gasteiger partial charge in [-0.2, -0.15) is 0 Å². The summed E-state index contributed by atoms with van der Waals surface area (Å²) in [7, 11) is 0. The summed E-state index contributed by atoms with van der Waals surface area (Å²) in [6, 6.07) is 0. The van der Waals surface area contributed by atoms with Gasteiger partial charge in [-0.15, -0.1) is 6.58 Å². The van der Waals surface area contributed by atoms with Crippen molar-refractivity contribution in [3.8, 4) is 0 Å². The average molecular weight is 196 g/mol. The Morgan fingerprint density at radius 2 is 1.64 bits per heavy atom. The highest BCUT2D eigenvalue weighted by Crippen LogP contribution is 2.21. The van der Waals surface area contributed by atoms with Gasteiger partial charge < -0.3 is 0 Å². The molecule has 84 valence electrons. The van der Waals surface area contributed by atoms with Crippen molar-refractivity contribution >= 4 is 0 Å². The van der Waals surface area contributed by atoms with E-state index in [0.29, 0.717) is 0 Å². The van der Waals surface area contributed by atoms with E-state index in [1.807, 2.05) is 0 Å². The van der Waals surface area contributed by atoms with Gasteiger partial charge in [0.25, 0.3) is 0 Å². The first-order valence-corrected chi connectivity index (χ1v) is 6.46. The van der Waals surface area contributed by atoms with Crippen molar-refractivity contribution in [1.29, 1.82) is 0 Å². The van der Waals surface area contributed by atoms with Crippen LogP contribution < -0.4 is 0 Å². The standard InChI is InChI=1S/C14H28/c1-4-7-9-12-14(11-6-3)13-10-8-5-2/h4,14H,1,5-13H2,2-3H3. The second-order valence-electron chi connectivity index (χ2n) is 4.37. The van der Waals surface area contributed by atoms with Crippen LogP contribution in [-0.2, 0) is 0 Å². The summed E-state index contributed by atoms with van der Waals surface area (Å²) in [5.74, 6) is 0.992. The van der Waals surface area contributed by atoms with Crippen LogP contribution in [0.4, 0.5) is 0 Å². The fourth-order valence-corrected chi connectivity index (χ4v) is 2.08. The molecule has 0 aliphatic carbocycles. The zero-order valence-electron chi connectivity index (χ0n) is 10.2. The smallest absolute Gasteiger partial charge is 0.0353 e. The first kappa shape index (κ1) is 13.7. The first-order chi connectivity index (χ1) is 6.85. The second-order valence-corrected chi connectivity index (χ2v) is 4.37. The molecule has 0 saturated carbocycles. The predicted molar refractivity (Wildman–Crippen MR) is 66.6 cm³/mol. The Labute approximate surface area is 90.8 Å². The van der Waals surface area contributed by atoms with Crippen LogP contribution in [0.25, 0.3) is 0 Å². The van der Waals surface area contributed by atoms with Crippen LogP contribution in [0.15, 0.2) is 12.7 Å². The Bertz CT molecular complexity index is 115. The van der Waals surface area contributed by atoms with Crippen LogP contribution in [0.3, 0.4) is 0 Å². The maximum Gasteiger partial charge on any atom is -0.0353 e. The molecule has 1 atom stereocenters. The minimum absolute atomic E-state index is 0.992. The second kappa shape index (κ2) is 10.8. The number of allylic oxidation sites excluding steroid dienone is 1. The van der Waals surface area contributed by atoms with E-state index in [1.54, 1.807) is 0 Å². The molecule has 0 fully saturated rings. The maximum atomic E-state index is 3.78. The third kappa shape index (κ3) is 8.34. The lowest BCUT2D eigenvalue weighted by molar-refractivity contribution is 0.389. The highest BCUT2D eigenvalue weighted by molar-refractivity contribution is 4.68. The van der Waals surface area contributed by atoms with Crippen LogP contribution in [-0.4, -0.2) is 0 Å². The molecule has 0 aromatic rings. The van der Waals surface area contributed by atoms with E-state index in [2.05, 4.69) is 26.5 Å². The molecule has 0 amide bonds. The third-order valence-corrected chi connectivity index (χ3v) is 2.93. The predicted octanol–water partition coefficient (Wildman–Crippen LogP) is 5.34. The Hall–Kier alpha value is -0.260. The van der Waals surface area contributed by atoms with Gasteiger partial charge >= 0.3 is 0 Å². The molecule has 0 aromatic carbocycles. The molecule has 0 aliphatic rings. The van der Waals surface area contributed by atoms with Crippen molar-refractivity contribution in [3.05, 3.63) is 12.7 Å². The van der Waals surface area contributed by atoms with Crippen LogP contribution in [0.1, 0.15) is 71.6 Å². The molecule has 0 N–H and O–H groups in total. The van der Waals surface area contributed by atoms with Gasteiger partial charge in [0.2, 0.25) is 0 Å². The van der Waals surface area contributed by atoms with E-state index in [1.165, 1.54) is 57.8 Å². The van der Waals surface area contributed by atoms with Gasteiger partial charge in [0.1, 0.15) is 0 Å². The highest BCUT2D eigenvalue weighted by atomic mass is 14.1. The van der Waals surface area contributed by atoms with Crippen molar-refractivity contribution in [2.45, 2.75) is 71.6 Å². The number of hydrogen-bond acceptors (Lipinski definition) is 0. The van der Waals surface area contributed by atoms with Gasteiger partial charge in [0, 0.05) is 0 Å². The van der Waals surface area contributed by atoms with Crippen molar-refractivity contribution < 1.29 is 0 Å². The molecular weight excluding hydrogens is 168 g/mol. The number of rotatable bonds is 10. The van der Waals surface area contributed by atoms with E-state index in [-0.39, 0.29) is 0 Å². The molecule has 0 spiro atoms. The molecule has 0 saturated heterocycles. The lowest BCUT2D eigenvalue weighted by atomic mass is 9.91. The zero-order valence-corrected chi connectivity index (χ0v) is 10.2. The quantitative estimate of drug-likeness (QED) is 0.327. The number of hydrogen-bond donors (Lipinski definition) is 0. The molecule has 0 radical (unpaired) electrons. The van der Waals surface area contributed by atoms with Gasteiger partial charge in [-0.05, 0) is 18.8 Å². The summed E-state index contributed by atoms with van der Waals surface area (Å²) in [6.45, 7) is 8.37. The van der Waals surface area contributed by atoms with E-state index in [0.717, 1.165) is 5.92 Å². The molecule has 0 aliphatic heterocycles. The van der Waals surface area contributed by atoms with Gasteiger partial charge in [0.15, 0.2) is 0 Å². The van der Waals surface area contributed by atoms with E-state index < -0.39 is 0 Å². The Morgan fingerprint density at radius 1 is 0.929 bits per heavy atom. The molecule has 0 heterocycles. The van der Waals surface area contributed by atoms with Crippen molar-refractivity contribution in [2.75, 3.05) is 0 Å². The molecule has 0 aromatic heterocycles. The highest BCUT2D eigenvalue weighted by Gasteiger charge is 2.06. The zero-order chi connectivity index (χ0) is 10.6. The van der Waals surface area contributed by atoms with Crippen LogP contribution in [0, 0.1) is 5.92 Å². The summed E-state index contributed by atoms with van der Waals surface area (Å²) in [4.78, 5) is 0. The molecule has 1 unspecified atom stereocenters. The van der Waals surface area contributed by atoms with E-state index in [9.17, 15) is 0 Å². The van der Waals surface area contributed by atoms with Crippen LogP contribution >= 0.6 is 0 Å². The summed E-state index contributed by atoms with van der Waals surface area (Å²) in [5.41, 5.74) is 0. The first-order valence-electron chi connectivity index (χ1n) is 6.46. The van der Waals surface area contributed by atoms with Gasteiger partial charge in [0.05, 0.1) is 0 Å². The molecule has 0 bridgehead atoms. The van der Waals surface area contributed by atoms with E-state index in [4.69, 9.17) is 0 Å². The van der Waals surface area contributed by atoms with Gasteiger partial charge in [-0.25, -0.2) is 0 Å². The Kier molecular flexibility index (Phi) is 10.6. The average Bonchev–Trinajstić information content (AvgIpc) is 2.18. The van der Waals surface area contributed by atoms with Crippen molar-refractivity contribution in [3.63, 3.8) is 0 Å². The topological polar surface area (TPSA) is 0 Å². The molecule has 0 nitrogen and oxygen atoms in total. The Morgan fingerprint density at radius 3 is 2.21 bits per heavy atom. The molecule has 0 rings (SSSR count). The largest absolute Gasteiger partial charge is 0.103 e. The van der Waals surface area contributed by atoms with Gasteiger partial charge in [-0.3, -0.25) is 0 Å². The van der Waals surface area contributed by atoms with Crippen molar-refractivity contribution in [2.24, 2.45) is 5.92 Å². The fraction of sp³-hybridized carbons (Fsp3) is 0.857. The molecular formula is C14H28. The minimum atomic E-state index is 0.992. The Balaban J connectivity index is 3.48. The molecule has 14 heavy (non-hydrogen) atoms. The summed E-state index contributed by atoms with van der Waals surface area (Å²) in [5, 5.41) is 0. The minimum Gasteiger partial charge on any atom is -0.103 e. The lowest BCUT2D eigenvalue weighted by Gasteiger charge is -2.15. The summed E-state index contributed by atoms with van der Waals surface area (Å²) in [6.07, 6.45) is 14.5. The maximum absolute atomic E-state index is 3.78. The van der Waals surface area contributed by atoms with Crippen LogP contribution in [0.5, 0.6) is 0 Å². The summed E-state index contributed by atoms with van der Waals surface area (Å²) < 4.78 is 0. The summed E-state index contributed by atoms with van der Waals surface area (Å²) >= 11 is 0. The fourth-order valence-electron chi connectivity index (χ4n) is 2.08. The third-order valence-electron chi connectivity index (χ3n) is 2.93. The van der Waals surface area contributed by atoms with Crippen LogP contribution in [0.2, 0.25) is 0 Å². The number of unbranched alkanes of at least 4 members (excludes halogenated alkanes) is 3. The molecule has 0 heteroatoms.